The quantitative estimate of drug-likeness (QED) is 0.727. The molecule has 2 aromatic rings. The first-order chi connectivity index (χ1) is 13.7. The van der Waals surface area contributed by atoms with Crippen molar-refractivity contribution in [3.8, 4) is 0 Å². The average molecular weight is 380 g/mol. The lowest BCUT2D eigenvalue weighted by molar-refractivity contribution is -0.134. The monoisotopic (exact) mass is 379 g/mol. The third-order valence-electron chi connectivity index (χ3n) is 5.23. The molecule has 2 aromatic carbocycles. The molecule has 1 saturated heterocycles. The molecule has 5 nitrogen and oxygen atoms in total. The van der Waals surface area contributed by atoms with Gasteiger partial charge in [0.1, 0.15) is 0 Å². The van der Waals surface area contributed by atoms with E-state index in [1.54, 1.807) is 12.1 Å². The summed E-state index contributed by atoms with van der Waals surface area (Å²) < 4.78 is 0. The summed E-state index contributed by atoms with van der Waals surface area (Å²) >= 11 is 0. The predicted octanol–water partition coefficient (Wildman–Crippen LogP) is 2.93. The topological polar surface area (TPSA) is 61.4 Å². The van der Waals surface area contributed by atoms with Crippen molar-refractivity contribution in [2.45, 2.75) is 32.2 Å². The van der Waals surface area contributed by atoms with Gasteiger partial charge in [-0.1, -0.05) is 49.4 Å². The zero-order chi connectivity index (χ0) is 19.8. The molecule has 1 fully saturated rings. The number of aryl methyl sites for hydroxylation is 1. The van der Waals surface area contributed by atoms with Crippen LogP contribution in [0.5, 0.6) is 0 Å². The van der Waals surface area contributed by atoms with Gasteiger partial charge in [0, 0.05) is 38.2 Å². The molecular formula is C23H29N3O2. The van der Waals surface area contributed by atoms with Crippen LogP contribution in [-0.4, -0.2) is 42.9 Å². The van der Waals surface area contributed by atoms with Crippen LogP contribution in [0.2, 0.25) is 0 Å². The lowest BCUT2D eigenvalue weighted by Crippen LogP contribution is -2.48. The van der Waals surface area contributed by atoms with Gasteiger partial charge in [-0.15, -0.1) is 0 Å². The summed E-state index contributed by atoms with van der Waals surface area (Å²) in [7, 11) is 0. The van der Waals surface area contributed by atoms with E-state index in [0.717, 1.165) is 26.1 Å². The molecule has 2 amide bonds. The van der Waals surface area contributed by atoms with Crippen molar-refractivity contribution >= 4 is 11.8 Å². The molecule has 1 aliphatic heterocycles. The van der Waals surface area contributed by atoms with Crippen LogP contribution in [0.4, 0.5) is 0 Å². The fourth-order valence-corrected chi connectivity index (χ4v) is 3.55. The van der Waals surface area contributed by atoms with E-state index < -0.39 is 0 Å². The Labute approximate surface area is 167 Å². The Morgan fingerprint density at radius 3 is 2.57 bits per heavy atom. The zero-order valence-corrected chi connectivity index (χ0v) is 16.5. The minimum absolute atomic E-state index is 0.0751. The standard InChI is InChI=1S/C23H29N3O2/c1-2-18-10-12-19(13-11-18)21-17-24-15-16-26(21)22(27)9-6-14-25-23(28)20-7-4-3-5-8-20/h3-5,7-8,10-13,21,24H,2,6,9,14-17H2,1H3,(H,25,28). The van der Waals surface area contributed by atoms with E-state index in [2.05, 4.69) is 41.8 Å². The number of amides is 2. The SMILES string of the molecule is CCc1ccc(C2CNCCN2C(=O)CCCNC(=O)c2ccccc2)cc1. The van der Waals surface area contributed by atoms with Gasteiger partial charge in [-0.3, -0.25) is 9.59 Å². The van der Waals surface area contributed by atoms with Crippen molar-refractivity contribution < 1.29 is 9.59 Å². The number of carbonyl (C=O) groups excluding carboxylic acids is 2. The van der Waals surface area contributed by atoms with Crippen LogP contribution in [0.15, 0.2) is 54.6 Å². The maximum atomic E-state index is 12.8. The number of rotatable bonds is 7. The van der Waals surface area contributed by atoms with Crippen LogP contribution < -0.4 is 10.6 Å². The van der Waals surface area contributed by atoms with Gasteiger partial charge in [-0.05, 0) is 36.1 Å². The highest BCUT2D eigenvalue weighted by atomic mass is 16.2. The molecule has 0 aliphatic carbocycles. The summed E-state index contributed by atoms with van der Waals surface area (Å²) in [4.78, 5) is 26.9. The lowest BCUT2D eigenvalue weighted by atomic mass is 10.0. The van der Waals surface area contributed by atoms with E-state index >= 15 is 0 Å². The molecule has 2 N–H and O–H groups in total. The van der Waals surface area contributed by atoms with Crippen molar-refractivity contribution in [2.75, 3.05) is 26.2 Å². The van der Waals surface area contributed by atoms with Crippen molar-refractivity contribution in [3.63, 3.8) is 0 Å². The van der Waals surface area contributed by atoms with Gasteiger partial charge >= 0.3 is 0 Å². The third-order valence-corrected chi connectivity index (χ3v) is 5.23. The van der Waals surface area contributed by atoms with Crippen molar-refractivity contribution in [3.05, 3.63) is 71.3 Å². The molecule has 0 saturated carbocycles. The fourth-order valence-electron chi connectivity index (χ4n) is 3.55. The van der Waals surface area contributed by atoms with Crippen molar-refractivity contribution in [1.29, 1.82) is 0 Å². The Kier molecular flexibility index (Phi) is 7.20. The van der Waals surface area contributed by atoms with E-state index in [0.29, 0.717) is 24.9 Å². The van der Waals surface area contributed by atoms with Gasteiger partial charge in [0.25, 0.3) is 5.91 Å². The Morgan fingerprint density at radius 2 is 1.86 bits per heavy atom. The Morgan fingerprint density at radius 1 is 1.11 bits per heavy atom. The smallest absolute Gasteiger partial charge is 0.251 e. The van der Waals surface area contributed by atoms with Crippen molar-refractivity contribution in [2.24, 2.45) is 0 Å². The molecule has 3 rings (SSSR count). The number of hydrogen-bond donors (Lipinski definition) is 2. The van der Waals surface area contributed by atoms with E-state index in [4.69, 9.17) is 0 Å². The first-order valence-electron chi connectivity index (χ1n) is 10.1. The van der Waals surface area contributed by atoms with Crippen LogP contribution in [0.1, 0.15) is 47.3 Å². The molecule has 1 heterocycles. The van der Waals surface area contributed by atoms with Gasteiger partial charge in [0.15, 0.2) is 0 Å². The maximum Gasteiger partial charge on any atom is 0.251 e. The van der Waals surface area contributed by atoms with Crippen molar-refractivity contribution in [1.82, 2.24) is 15.5 Å². The highest BCUT2D eigenvalue weighted by Crippen LogP contribution is 2.23. The summed E-state index contributed by atoms with van der Waals surface area (Å²) in [6.45, 7) is 4.96. The second-order valence-corrected chi connectivity index (χ2v) is 7.13. The molecule has 0 aromatic heterocycles. The van der Waals surface area contributed by atoms with Gasteiger partial charge in [0.05, 0.1) is 6.04 Å². The molecule has 1 aliphatic rings. The maximum absolute atomic E-state index is 12.8. The molecule has 1 unspecified atom stereocenters. The Bertz CT molecular complexity index is 774. The third kappa shape index (κ3) is 5.20. The summed E-state index contributed by atoms with van der Waals surface area (Å²) in [5, 5.41) is 6.29. The minimum atomic E-state index is -0.0934. The molecule has 0 radical (unpaired) electrons. The molecule has 28 heavy (non-hydrogen) atoms. The second-order valence-electron chi connectivity index (χ2n) is 7.13. The van der Waals surface area contributed by atoms with Gasteiger partial charge in [-0.25, -0.2) is 0 Å². The average Bonchev–Trinajstić information content (AvgIpc) is 2.77. The number of piperazine rings is 1. The first kappa shape index (κ1) is 20.1. The number of hydrogen-bond acceptors (Lipinski definition) is 3. The highest BCUT2D eigenvalue weighted by molar-refractivity contribution is 5.94. The summed E-state index contributed by atoms with van der Waals surface area (Å²) in [5.41, 5.74) is 3.13. The molecular weight excluding hydrogens is 350 g/mol. The molecule has 0 bridgehead atoms. The number of carbonyl (C=O) groups is 2. The number of nitrogens with one attached hydrogen (secondary N) is 2. The fraction of sp³-hybridized carbons (Fsp3) is 0.391. The predicted molar refractivity (Wildman–Crippen MR) is 111 cm³/mol. The summed E-state index contributed by atoms with van der Waals surface area (Å²) in [6.07, 6.45) is 2.10. The van der Waals surface area contributed by atoms with E-state index in [1.807, 2.05) is 23.1 Å². The Balaban J connectivity index is 1.51. The minimum Gasteiger partial charge on any atom is -0.352 e. The van der Waals surface area contributed by atoms with Gasteiger partial charge in [0.2, 0.25) is 5.91 Å². The Hall–Kier alpha value is -2.66. The van der Waals surface area contributed by atoms with Crippen LogP contribution in [0.3, 0.4) is 0 Å². The van der Waals surface area contributed by atoms with E-state index in [-0.39, 0.29) is 17.9 Å². The zero-order valence-electron chi connectivity index (χ0n) is 16.5. The first-order valence-corrected chi connectivity index (χ1v) is 10.1. The summed E-state index contributed by atoms with van der Waals surface area (Å²) in [6, 6.07) is 17.8. The number of nitrogens with zero attached hydrogens (tertiary/aromatic N) is 1. The molecule has 148 valence electrons. The van der Waals surface area contributed by atoms with Crippen LogP contribution in [0, 0.1) is 0 Å². The second kappa shape index (κ2) is 10.0. The van der Waals surface area contributed by atoms with Crippen LogP contribution in [-0.2, 0) is 11.2 Å². The molecule has 0 spiro atoms. The van der Waals surface area contributed by atoms with E-state index in [9.17, 15) is 9.59 Å². The number of benzene rings is 2. The lowest BCUT2D eigenvalue weighted by Gasteiger charge is -2.36. The van der Waals surface area contributed by atoms with Gasteiger partial charge in [-0.2, -0.15) is 0 Å². The normalized spacial score (nSPS) is 16.6. The largest absolute Gasteiger partial charge is 0.352 e. The molecule has 1 atom stereocenters. The van der Waals surface area contributed by atoms with Crippen LogP contribution in [0.25, 0.3) is 0 Å². The highest BCUT2D eigenvalue weighted by Gasteiger charge is 2.27. The van der Waals surface area contributed by atoms with E-state index in [1.165, 1.54) is 11.1 Å². The van der Waals surface area contributed by atoms with Gasteiger partial charge < -0.3 is 15.5 Å². The van der Waals surface area contributed by atoms with Crippen LogP contribution >= 0.6 is 0 Å². The molecule has 5 heteroatoms. The summed E-state index contributed by atoms with van der Waals surface area (Å²) in [5.74, 6) is 0.0594.